The van der Waals surface area contributed by atoms with Crippen molar-refractivity contribution in [1.29, 1.82) is 5.26 Å². The highest BCUT2D eigenvalue weighted by molar-refractivity contribution is 5.77. The van der Waals surface area contributed by atoms with Crippen molar-refractivity contribution in [2.24, 2.45) is 0 Å². The van der Waals surface area contributed by atoms with Crippen molar-refractivity contribution in [3.63, 3.8) is 0 Å². The van der Waals surface area contributed by atoms with Crippen LogP contribution in [-0.4, -0.2) is 0 Å². The Bertz CT molecular complexity index is 615. The van der Waals surface area contributed by atoms with Crippen LogP contribution in [0.1, 0.15) is 5.56 Å². The van der Waals surface area contributed by atoms with E-state index in [1.807, 2.05) is 6.07 Å². The molecule has 2 aromatic rings. The van der Waals surface area contributed by atoms with Crippen LogP contribution >= 0.6 is 0 Å². The average Bonchev–Trinajstić information content (AvgIpc) is 2.32. The zero-order valence-electron chi connectivity index (χ0n) is 8.74. The van der Waals surface area contributed by atoms with Crippen molar-refractivity contribution < 1.29 is 8.78 Å². The van der Waals surface area contributed by atoms with Gasteiger partial charge in [-0.1, -0.05) is 12.1 Å². The lowest BCUT2D eigenvalue weighted by Crippen LogP contribution is -1.92. The normalized spacial score (nSPS) is 9.94. The van der Waals surface area contributed by atoms with Gasteiger partial charge >= 0.3 is 0 Å². The third-order valence-electron chi connectivity index (χ3n) is 2.41. The number of nitrogens with two attached hydrogens (primary N) is 1. The first-order chi connectivity index (χ1) is 8.11. The number of anilines is 1. The highest BCUT2D eigenvalue weighted by Gasteiger charge is 2.07. The minimum absolute atomic E-state index is 0.357. The minimum Gasteiger partial charge on any atom is -0.398 e. The molecule has 0 saturated heterocycles. The molecule has 2 nitrogen and oxygen atoms in total. The molecule has 0 radical (unpaired) electrons. The number of halogens is 2. The summed E-state index contributed by atoms with van der Waals surface area (Å²) in [6.07, 6.45) is 0. The maximum atomic E-state index is 13.1. The quantitative estimate of drug-likeness (QED) is 0.765. The lowest BCUT2D eigenvalue weighted by atomic mass is 10.0. The Hall–Kier alpha value is -2.41. The fourth-order valence-corrected chi connectivity index (χ4v) is 1.56. The Kier molecular flexibility index (Phi) is 2.75. The van der Waals surface area contributed by atoms with Crippen LogP contribution in [0.3, 0.4) is 0 Å². The number of nitriles is 1. The van der Waals surface area contributed by atoms with E-state index in [0.717, 1.165) is 12.1 Å². The van der Waals surface area contributed by atoms with E-state index in [9.17, 15) is 8.78 Å². The molecular formula is C13H8F2N2. The summed E-state index contributed by atoms with van der Waals surface area (Å²) in [7, 11) is 0. The first kappa shape index (κ1) is 11.1. The summed E-state index contributed by atoms with van der Waals surface area (Å²) >= 11 is 0. The Balaban J connectivity index is 2.54. The van der Waals surface area contributed by atoms with Crippen molar-refractivity contribution in [3.8, 4) is 17.2 Å². The van der Waals surface area contributed by atoms with Gasteiger partial charge < -0.3 is 5.73 Å². The second-order valence-electron chi connectivity index (χ2n) is 3.54. The van der Waals surface area contributed by atoms with E-state index in [1.54, 1.807) is 12.1 Å². The van der Waals surface area contributed by atoms with E-state index in [4.69, 9.17) is 11.0 Å². The van der Waals surface area contributed by atoms with Gasteiger partial charge in [-0.15, -0.1) is 0 Å². The molecule has 2 N–H and O–H groups in total. The summed E-state index contributed by atoms with van der Waals surface area (Å²) in [4.78, 5) is 0. The molecule has 0 heterocycles. The summed E-state index contributed by atoms with van der Waals surface area (Å²) < 4.78 is 25.9. The molecule has 0 spiro atoms. The van der Waals surface area contributed by atoms with Gasteiger partial charge in [0.25, 0.3) is 0 Å². The molecule has 0 saturated carbocycles. The van der Waals surface area contributed by atoms with Crippen LogP contribution in [0.25, 0.3) is 11.1 Å². The first-order valence-corrected chi connectivity index (χ1v) is 4.87. The number of nitrogens with zero attached hydrogens (tertiary/aromatic N) is 1. The summed E-state index contributed by atoms with van der Waals surface area (Å²) in [5.74, 6) is -1.83. The maximum absolute atomic E-state index is 13.1. The van der Waals surface area contributed by atoms with Gasteiger partial charge in [0.15, 0.2) is 11.6 Å². The van der Waals surface area contributed by atoms with Crippen molar-refractivity contribution in [3.05, 3.63) is 53.6 Å². The van der Waals surface area contributed by atoms with Crippen molar-refractivity contribution in [2.75, 3.05) is 5.73 Å². The van der Waals surface area contributed by atoms with Crippen LogP contribution in [0.15, 0.2) is 36.4 Å². The Morgan fingerprint density at radius 1 is 1.00 bits per heavy atom. The second-order valence-corrected chi connectivity index (χ2v) is 3.54. The molecule has 0 aliphatic heterocycles. The number of rotatable bonds is 1. The first-order valence-electron chi connectivity index (χ1n) is 4.87. The number of benzene rings is 2. The van der Waals surface area contributed by atoms with Gasteiger partial charge in [-0.25, -0.2) is 8.78 Å². The SMILES string of the molecule is N#Cc1ccc(-c2ccc(F)c(F)c2)c(N)c1. The molecule has 0 fully saturated rings. The van der Waals surface area contributed by atoms with Crippen molar-refractivity contribution in [1.82, 2.24) is 0 Å². The summed E-state index contributed by atoms with van der Waals surface area (Å²) in [5, 5.41) is 8.69. The zero-order chi connectivity index (χ0) is 12.4. The molecule has 4 heteroatoms. The lowest BCUT2D eigenvalue weighted by Gasteiger charge is -2.06. The molecular weight excluding hydrogens is 222 g/mol. The van der Waals surface area contributed by atoms with Crippen molar-refractivity contribution >= 4 is 5.69 Å². The van der Waals surface area contributed by atoms with E-state index in [1.165, 1.54) is 12.1 Å². The predicted octanol–water partition coefficient (Wildman–Crippen LogP) is 3.09. The average molecular weight is 230 g/mol. The molecule has 0 atom stereocenters. The van der Waals surface area contributed by atoms with Crippen LogP contribution in [-0.2, 0) is 0 Å². The van der Waals surface area contributed by atoms with E-state index in [2.05, 4.69) is 0 Å². The minimum atomic E-state index is -0.925. The number of nitrogen functional groups attached to an aromatic ring is 1. The van der Waals surface area contributed by atoms with Gasteiger partial charge in [0, 0.05) is 11.3 Å². The molecule has 0 aliphatic rings. The van der Waals surface area contributed by atoms with Gasteiger partial charge in [-0.2, -0.15) is 5.26 Å². The summed E-state index contributed by atoms with van der Waals surface area (Å²) in [5.41, 5.74) is 7.58. The van der Waals surface area contributed by atoms with Gasteiger partial charge in [0.1, 0.15) is 0 Å². The largest absolute Gasteiger partial charge is 0.398 e. The van der Waals surface area contributed by atoms with Gasteiger partial charge in [-0.05, 0) is 29.8 Å². The third-order valence-corrected chi connectivity index (χ3v) is 2.41. The Morgan fingerprint density at radius 3 is 2.35 bits per heavy atom. The van der Waals surface area contributed by atoms with Crippen LogP contribution in [0.2, 0.25) is 0 Å². The lowest BCUT2D eigenvalue weighted by molar-refractivity contribution is 0.509. The molecule has 0 unspecified atom stereocenters. The highest BCUT2D eigenvalue weighted by atomic mass is 19.2. The molecule has 17 heavy (non-hydrogen) atoms. The maximum Gasteiger partial charge on any atom is 0.159 e. The number of hydrogen-bond acceptors (Lipinski definition) is 2. The standard InChI is InChI=1S/C13H8F2N2/c14-11-4-2-9(6-12(11)15)10-3-1-8(7-16)5-13(10)17/h1-6H,17H2. The van der Waals surface area contributed by atoms with Gasteiger partial charge in [-0.3, -0.25) is 0 Å². The molecule has 2 rings (SSSR count). The van der Waals surface area contributed by atoms with E-state index in [-0.39, 0.29) is 0 Å². The van der Waals surface area contributed by atoms with Gasteiger partial charge in [0.05, 0.1) is 11.6 Å². The highest BCUT2D eigenvalue weighted by Crippen LogP contribution is 2.27. The van der Waals surface area contributed by atoms with E-state index < -0.39 is 11.6 Å². The Morgan fingerprint density at radius 2 is 1.76 bits per heavy atom. The molecule has 0 amide bonds. The molecule has 0 aliphatic carbocycles. The van der Waals surface area contributed by atoms with Crippen LogP contribution in [0, 0.1) is 23.0 Å². The fraction of sp³-hybridized carbons (Fsp3) is 0. The fourth-order valence-electron chi connectivity index (χ4n) is 1.56. The Labute approximate surface area is 96.9 Å². The molecule has 84 valence electrons. The van der Waals surface area contributed by atoms with Crippen LogP contribution < -0.4 is 5.73 Å². The number of hydrogen-bond donors (Lipinski definition) is 1. The summed E-state index contributed by atoms with van der Waals surface area (Å²) in [6.45, 7) is 0. The van der Waals surface area contributed by atoms with Crippen molar-refractivity contribution in [2.45, 2.75) is 0 Å². The van der Waals surface area contributed by atoms with Crippen LogP contribution in [0.5, 0.6) is 0 Å². The zero-order valence-corrected chi connectivity index (χ0v) is 8.74. The van der Waals surface area contributed by atoms with E-state index >= 15 is 0 Å². The van der Waals surface area contributed by atoms with Crippen LogP contribution in [0.4, 0.5) is 14.5 Å². The van der Waals surface area contributed by atoms with Gasteiger partial charge in [0.2, 0.25) is 0 Å². The topological polar surface area (TPSA) is 49.8 Å². The molecule has 0 bridgehead atoms. The monoisotopic (exact) mass is 230 g/mol. The predicted molar refractivity (Wildman–Crippen MR) is 60.9 cm³/mol. The van der Waals surface area contributed by atoms with E-state index in [0.29, 0.717) is 22.4 Å². The smallest absolute Gasteiger partial charge is 0.159 e. The molecule has 2 aromatic carbocycles. The third kappa shape index (κ3) is 2.08. The summed E-state index contributed by atoms with van der Waals surface area (Å²) in [6, 6.07) is 10.2. The molecule has 0 aromatic heterocycles. The second kappa shape index (κ2) is 4.22.